The van der Waals surface area contributed by atoms with E-state index >= 15 is 0 Å². The molecule has 0 spiro atoms. The predicted octanol–water partition coefficient (Wildman–Crippen LogP) is 2.85. The predicted molar refractivity (Wildman–Crippen MR) is 108 cm³/mol. The van der Waals surface area contributed by atoms with E-state index in [2.05, 4.69) is 5.32 Å². The number of hydrogen-bond donors (Lipinski definition) is 4. The van der Waals surface area contributed by atoms with Gasteiger partial charge in [0.15, 0.2) is 5.78 Å². The number of carbonyl (C=O) groups excluding carboxylic acids is 1. The zero-order valence-electron chi connectivity index (χ0n) is 15.6. The second-order valence-electron chi connectivity index (χ2n) is 6.46. The Kier molecular flexibility index (Phi) is 5.10. The largest absolute Gasteiger partial charge is 0.507 e. The molecule has 148 valence electrons. The summed E-state index contributed by atoms with van der Waals surface area (Å²) in [4.78, 5) is 36.2. The van der Waals surface area contributed by atoms with Crippen LogP contribution < -0.4 is 10.9 Å². The molecule has 29 heavy (non-hydrogen) atoms. The summed E-state index contributed by atoms with van der Waals surface area (Å²) < 4.78 is 1.29. The van der Waals surface area contributed by atoms with Gasteiger partial charge in [0, 0.05) is 36.0 Å². The van der Waals surface area contributed by atoms with Crippen molar-refractivity contribution in [2.45, 2.75) is 6.92 Å². The Morgan fingerprint density at radius 3 is 2.45 bits per heavy atom. The monoisotopic (exact) mass is 394 g/mol. The number of para-hydroxylation sites is 1. The quantitative estimate of drug-likeness (QED) is 0.387. The summed E-state index contributed by atoms with van der Waals surface area (Å²) in [5.74, 6) is -2.77. The van der Waals surface area contributed by atoms with Crippen LogP contribution in [0.5, 0.6) is 11.5 Å². The molecule has 0 amide bonds. The van der Waals surface area contributed by atoms with Gasteiger partial charge in [0.2, 0.25) is 0 Å². The molecule has 0 aliphatic carbocycles. The Balaban J connectivity index is 1.95. The number of carboxylic acid groups (broad SMARTS) is 1. The molecule has 8 heteroatoms. The maximum Gasteiger partial charge on any atom is 0.339 e. The number of aromatic hydroxyl groups is 2. The number of rotatable bonds is 5. The molecule has 3 rings (SSSR count). The number of aryl methyl sites for hydroxylation is 1. The van der Waals surface area contributed by atoms with Crippen LogP contribution >= 0.6 is 0 Å². The summed E-state index contributed by atoms with van der Waals surface area (Å²) in [5.41, 5.74) is -0.0517. The second kappa shape index (κ2) is 7.51. The first kappa shape index (κ1) is 19.7. The van der Waals surface area contributed by atoms with Crippen molar-refractivity contribution >= 4 is 28.3 Å². The number of allylic oxidation sites excluding steroid dienone is 2. The summed E-state index contributed by atoms with van der Waals surface area (Å²) in [6.07, 6.45) is 1.15. The highest BCUT2D eigenvalue weighted by atomic mass is 16.4. The molecule has 1 heterocycles. The number of anilines is 1. The number of phenols is 1. The molecule has 8 nitrogen and oxygen atoms in total. The van der Waals surface area contributed by atoms with E-state index in [1.807, 2.05) is 0 Å². The highest BCUT2D eigenvalue weighted by Crippen LogP contribution is 2.27. The van der Waals surface area contributed by atoms with E-state index in [1.54, 1.807) is 31.2 Å². The van der Waals surface area contributed by atoms with E-state index < -0.39 is 23.1 Å². The lowest BCUT2D eigenvalue weighted by Crippen LogP contribution is -2.24. The van der Waals surface area contributed by atoms with Gasteiger partial charge in [0.05, 0.1) is 5.52 Å². The number of pyridine rings is 1. The Hall–Kier alpha value is -4.07. The first-order chi connectivity index (χ1) is 13.7. The van der Waals surface area contributed by atoms with Gasteiger partial charge >= 0.3 is 5.97 Å². The minimum Gasteiger partial charge on any atom is -0.507 e. The zero-order chi connectivity index (χ0) is 21.3. The van der Waals surface area contributed by atoms with E-state index in [-0.39, 0.29) is 16.9 Å². The molecule has 3 aromatic rings. The maximum absolute atomic E-state index is 12.7. The molecule has 0 aliphatic rings. The van der Waals surface area contributed by atoms with Crippen molar-refractivity contribution in [2.24, 2.45) is 7.05 Å². The van der Waals surface area contributed by atoms with Crippen molar-refractivity contribution in [3.8, 4) is 11.5 Å². The fourth-order valence-corrected chi connectivity index (χ4v) is 3.02. The molecular weight excluding hydrogens is 376 g/mol. The van der Waals surface area contributed by atoms with Crippen molar-refractivity contribution in [3.05, 3.63) is 75.7 Å². The molecule has 4 N–H and O–H groups in total. The van der Waals surface area contributed by atoms with Crippen LogP contribution in [-0.4, -0.2) is 31.6 Å². The molecule has 0 unspecified atom stereocenters. The number of benzene rings is 2. The van der Waals surface area contributed by atoms with Gasteiger partial charge in [0.25, 0.3) is 5.56 Å². The molecule has 2 aromatic carbocycles. The molecule has 0 radical (unpaired) electrons. The van der Waals surface area contributed by atoms with Crippen molar-refractivity contribution in [1.29, 1.82) is 0 Å². The van der Waals surface area contributed by atoms with Crippen LogP contribution in [0.4, 0.5) is 5.69 Å². The van der Waals surface area contributed by atoms with E-state index in [0.29, 0.717) is 22.3 Å². The number of hydrogen-bond acceptors (Lipinski definition) is 6. The Morgan fingerprint density at radius 2 is 1.79 bits per heavy atom. The third-order valence-electron chi connectivity index (χ3n) is 4.44. The van der Waals surface area contributed by atoms with E-state index in [1.165, 1.54) is 29.8 Å². The minimum atomic E-state index is -1.26. The lowest BCUT2D eigenvalue weighted by Gasteiger charge is -2.11. The van der Waals surface area contributed by atoms with Gasteiger partial charge in [-0.3, -0.25) is 9.59 Å². The first-order valence-electron chi connectivity index (χ1n) is 8.57. The van der Waals surface area contributed by atoms with E-state index in [0.717, 1.165) is 6.08 Å². The molecule has 0 bridgehead atoms. The molecule has 0 saturated carbocycles. The van der Waals surface area contributed by atoms with Crippen LogP contribution in [0.15, 0.2) is 59.0 Å². The van der Waals surface area contributed by atoms with Crippen LogP contribution in [0.3, 0.4) is 0 Å². The number of aromatic nitrogens is 1. The highest BCUT2D eigenvalue weighted by Gasteiger charge is 2.19. The third kappa shape index (κ3) is 3.68. The normalized spacial score (nSPS) is 11.4. The number of ketones is 1. The number of fused-ring (bicyclic) bond motifs is 1. The topological polar surface area (TPSA) is 129 Å². The number of nitrogens with one attached hydrogen (secondary N) is 1. The smallest absolute Gasteiger partial charge is 0.339 e. The first-order valence-corrected chi connectivity index (χ1v) is 8.57. The lowest BCUT2D eigenvalue weighted by molar-refractivity contribution is 0.0693. The van der Waals surface area contributed by atoms with Crippen molar-refractivity contribution in [3.63, 3.8) is 0 Å². The van der Waals surface area contributed by atoms with Gasteiger partial charge in [-0.05, 0) is 31.2 Å². The van der Waals surface area contributed by atoms with Gasteiger partial charge in [-0.1, -0.05) is 12.1 Å². The van der Waals surface area contributed by atoms with Crippen molar-refractivity contribution < 1.29 is 24.9 Å². The van der Waals surface area contributed by atoms with Gasteiger partial charge in [0.1, 0.15) is 22.6 Å². The van der Waals surface area contributed by atoms with Gasteiger partial charge in [-0.2, -0.15) is 0 Å². The molecular formula is C21H18N2O6. The molecule has 0 fully saturated rings. The summed E-state index contributed by atoms with van der Waals surface area (Å²) in [6, 6.07) is 10.6. The fourth-order valence-electron chi connectivity index (χ4n) is 3.02. The minimum absolute atomic E-state index is 0.252. The molecule has 0 atom stereocenters. The number of carbonyl (C=O) groups is 2. The third-order valence-corrected chi connectivity index (χ3v) is 4.44. The summed E-state index contributed by atoms with van der Waals surface area (Å²) in [5, 5.41) is 32.4. The fraction of sp³-hybridized carbons (Fsp3) is 0.0952. The number of nitrogens with zero attached hydrogens (tertiary/aromatic N) is 1. The van der Waals surface area contributed by atoms with Gasteiger partial charge in [-0.25, -0.2) is 4.79 Å². The van der Waals surface area contributed by atoms with Crippen LogP contribution in [0.25, 0.3) is 10.9 Å². The van der Waals surface area contributed by atoms with E-state index in [9.17, 15) is 24.6 Å². The number of carboxylic acids is 1. The van der Waals surface area contributed by atoms with Crippen LogP contribution in [0.1, 0.15) is 27.6 Å². The van der Waals surface area contributed by atoms with Crippen LogP contribution in [-0.2, 0) is 7.05 Å². The van der Waals surface area contributed by atoms with E-state index in [4.69, 9.17) is 5.11 Å². The number of aromatic carboxylic acids is 1. The van der Waals surface area contributed by atoms with Gasteiger partial charge < -0.3 is 25.2 Å². The highest BCUT2D eigenvalue weighted by molar-refractivity contribution is 6.09. The Morgan fingerprint density at radius 1 is 1.10 bits per heavy atom. The Bertz CT molecular complexity index is 1240. The summed E-state index contributed by atoms with van der Waals surface area (Å²) >= 11 is 0. The SMILES string of the molecule is CC(=CC(=O)c1c(O)c2ccccc2n(C)c1=O)Nc1ccc(C(=O)O)c(O)c1. The Labute approximate surface area is 165 Å². The molecule has 1 aromatic heterocycles. The van der Waals surface area contributed by atoms with Crippen LogP contribution in [0.2, 0.25) is 0 Å². The van der Waals surface area contributed by atoms with Crippen LogP contribution in [0, 0.1) is 0 Å². The maximum atomic E-state index is 12.7. The zero-order valence-corrected chi connectivity index (χ0v) is 15.6. The van der Waals surface area contributed by atoms with Crippen molar-refractivity contribution in [2.75, 3.05) is 5.32 Å². The lowest BCUT2D eigenvalue weighted by atomic mass is 10.1. The second-order valence-corrected chi connectivity index (χ2v) is 6.46. The standard InChI is InChI=1S/C21H18N2O6/c1-11(22-12-7-8-14(21(28)29)16(24)10-12)9-17(25)18-19(26)13-5-3-4-6-15(13)23(2)20(18)27/h3-10,22,24,26H,1-2H3,(H,28,29). The van der Waals surface area contributed by atoms with Gasteiger partial charge in [-0.15, -0.1) is 0 Å². The molecule has 0 aliphatic heterocycles. The molecule has 0 saturated heterocycles. The average molecular weight is 394 g/mol. The summed E-state index contributed by atoms with van der Waals surface area (Å²) in [7, 11) is 1.52. The van der Waals surface area contributed by atoms with Crippen molar-refractivity contribution in [1.82, 2.24) is 4.57 Å². The summed E-state index contributed by atoms with van der Waals surface area (Å²) in [6.45, 7) is 1.56. The average Bonchev–Trinajstić information content (AvgIpc) is 2.66.